The summed E-state index contributed by atoms with van der Waals surface area (Å²) in [7, 11) is -0.899. The van der Waals surface area contributed by atoms with Crippen LogP contribution in [0.25, 0.3) is 0 Å². The SMILES string of the molecule is CC(CCS(C)=O)NC(=O)NC(C(=O)O)C(C)(C)C. The first kappa shape index (κ1) is 17.9. The normalized spacial score (nSPS) is 16.3. The molecule has 3 atom stereocenters. The summed E-state index contributed by atoms with van der Waals surface area (Å²) in [6, 6.07) is -1.63. The molecule has 0 aromatic heterocycles. The van der Waals surface area contributed by atoms with Gasteiger partial charge in [0.1, 0.15) is 6.04 Å². The summed E-state index contributed by atoms with van der Waals surface area (Å²) in [5, 5.41) is 14.2. The third-order valence-electron chi connectivity index (χ3n) is 2.60. The van der Waals surface area contributed by atoms with E-state index in [1.807, 2.05) is 0 Å². The van der Waals surface area contributed by atoms with Crippen LogP contribution in [-0.4, -0.2) is 45.4 Å². The highest BCUT2D eigenvalue weighted by molar-refractivity contribution is 7.84. The highest BCUT2D eigenvalue weighted by atomic mass is 32.2. The van der Waals surface area contributed by atoms with E-state index in [1.165, 1.54) is 0 Å². The third-order valence-corrected chi connectivity index (χ3v) is 3.41. The molecule has 19 heavy (non-hydrogen) atoms. The monoisotopic (exact) mass is 292 g/mol. The molecule has 0 saturated carbocycles. The number of rotatable bonds is 6. The quantitative estimate of drug-likeness (QED) is 0.679. The van der Waals surface area contributed by atoms with E-state index in [0.717, 1.165) is 0 Å². The summed E-state index contributed by atoms with van der Waals surface area (Å²) < 4.78 is 10.9. The maximum Gasteiger partial charge on any atom is 0.326 e. The Bertz CT molecular complexity index is 352. The molecule has 0 heterocycles. The molecule has 2 amide bonds. The third kappa shape index (κ3) is 7.81. The molecule has 6 nitrogen and oxygen atoms in total. The van der Waals surface area contributed by atoms with Crippen molar-refractivity contribution in [2.24, 2.45) is 5.41 Å². The molecule has 3 N–H and O–H groups in total. The Labute approximate surface area is 116 Å². The Kier molecular flexibility index (Phi) is 7.04. The van der Waals surface area contributed by atoms with E-state index in [4.69, 9.17) is 5.11 Å². The number of urea groups is 1. The number of hydrogen-bond donors (Lipinski definition) is 3. The Morgan fingerprint density at radius 3 is 2.16 bits per heavy atom. The fourth-order valence-corrected chi connectivity index (χ4v) is 2.15. The van der Waals surface area contributed by atoms with Gasteiger partial charge in [0, 0.05) is 28.9 Å². The van der Waals surface area contributed by atoms with Crippen molar-refractivity contribution in [3.05, 3.63) is 0 Å². The number of carboxylic acid groups (broad SMARTS) is 1. The lowest BCUT2D eigenvalue weighted by Crippen LogP contribution is -2.53. The van der Waals surface area contributed by atoms with Gasteiger partial charge in [0.15, 0.2) is 0 Å². The molecular formula is C12H24N2O4S. The van der Waals surface area contributed by atoms with Crippen LogP contribution >= 0.6 is 0 Å². The average molecular weight is 292 g/mol. The first-order chi connectivity index (χ1) is 8.54. The topological polar surface area (TPSA) is 95.5 Å². The minimum absolute atomic E-state index is 0.154. The highest BCUT2D eigenvalue weighted by Gasteiger charge is 2.32. The van der Waals surface area contributed by atoms with E-state index >= 15 is 0 Å². The van der Waals surface area contributed by atoms with Crippen molar-refractivity contribution in [1.29, 1.82) is 0 Å². The summed E-state index contributed by atoms with van der Waals surface area (Å²) in [5.41, 5.74) is -0.572. The predicted octanol–water partition coefficient (Wildman–Crippen LogP) is 0.942. The first-order valence-electron chi connectivity index (χ1n) is 6.14. The van der Waals surface area contributed by atoms with Crippen LogP contribution in [0.3, 0.4) is 0 Å². The lowest BCUT2D eigenvalue weighted by molar-refractivity contribution is -0.141. The van der Waals surface area contributed by atoms with E-state index in [-0.39, 0.29) is 6.04 Å². The molecule has 0 aromatic carbocycles. The number of carbonyl (C=O) groups is 2. The van der Waals surface area contributed by atoms with Crippen LogP contribution < -0.4 is 10.6 Å². The number of carbonyl (C=O) groups excluding carboxylic acids is 1. The van der Waals surface area contributed by atoms with Crippen LogP contribution in [0.5, 0.6) is 0 Å². The molecule has 0 radical (unpaired) electrons. The van der Waals surface area contributed by atoms with E-state index in [9.17, 15) is 13.8 Å². The van der Waals surface area contributed by atoms with Crippen LogP contribution in [0.1, 0.15) is 34.1 Å². The van der Waals surface area contributed by atoms with Crippen molar-refractivity contribution >= 4 is 22.8 Å². The Balaban J connectivity index is 4.35. The van der Waals surface area contributed by atoms with Gasteiger partial charge in [-0.2, -0.15) is 0 Å². The fraction of sp³-hybridized carbons (Fsp3) is 0.833. The zero-order valence-electron chi connectivity index (χ0n) is 12.1. The highest BCUT2D eigenvalue weighted by Crippen LogP contribution is 2.19. The van der Waals surface area contributed by atoms with Gasteiger partial charge in [0.05, 0.1) is 0 Å². The molecule has 0 spiro atoms. The molecule has 0 aliphatic heterocycles. The maximum atomic E-state index is 11.7. The molecule has 0 rings (SSSR count). The van der Waals surface area contributed by atoms with Crippen LogP contribution in [0, 0.1) is 5.41 Å². The predicted molar refractivity (Wildman–Crippen MR) is 75.6 cm³/mol. The van der Waals surface area contributed by atoms with Crippen LogP contribution in [-0.2, 0) is 15.6 Å². The van der Waals surface area contributed by atoms with Gasteiger partial charge in [-0.3, -0.25) is 4.21 Å². The standard InChI is InChI=1S/C12H24N2O4S/c1-8(6-7-19(5)18)13-11(17)14-9(10(15)16)12(2,3)4/h8-9H,6-7H2,1-5H3,(H,15,16)(H2,13,14,17). The Morgan fingerprint density at radius 2 is 1.79 bits per heavy atom. The second-order valence-corrected chi connectivity index (χ2v) is 7.28. The molecule has 0 aliphatic rings. The summed E-state index contributed by atoms with van der Waals surface area (Å²) in [6.07, 6.45) is 2.19. The largest absolute Gasteiger partial charge is 0.480 e. The maximum absolute atomic E-state index is 11.7. The fourth-order valence-electron chi connectivity index (χ4n) is 1.46. The lowest BCUT2D eigenvalue weighted by atomic mass is 9.87. The van der Waals surface area contributed by atoms with Gasteiger partial charge >= 0.3 is 12.0 Å². The van der Waals surface area contributed by atoms with Crippen molar-refractivity contribution < 1.29 is 18.9 Å². The Hall–Kier alpha value is -1.11. The van der Waals surface area contributed by atoms with Gasteiger partial charge in [-0.1, -0.05) is 20.8 Å². The number of hydrogen-bond acceptors (Lipinski definition) is 3. The van der Waals surface area contributed by atoms with Crippen LogP contribution in [0.2, 0.25) is 0 Å². The van der Waals surface area contributed by atoms with Gasteiger partial charge in [-0.15, -0.1) is 0 Å². The summed E-state index contributed by atoms with van der Waals surface area (Å²) in [4.78, 5) is 22.8. The number of aliphatic carboxylic acids is 1. The molecule has 0 aliphatic carbocycles. The molecule has 7 heteroatoms. The number of carboxylic acids is 1. The lowest BCUT2D eigenvalue weighted by Gasteiger charge is -2.28. The van der Waals surface area contributed by atoms with Crippen molar-refractivity contribution in [2.45, 2.75) is 46.2 Å². The van der Waals surface area contributed by atoms with E-state index in [2.05, 4.69) is 10.6 Å². The van der Waals surface area contributed by atoms with E-state index in [1.54, 1.807) is 34.0 Å². The van der Waals surface area contributed by atoms with Crippen LogP contribution in [0.15, 0.2) is 0 Å². The molecule has 0 bridgehead atoms. The van der Waals surface area contributed by atoms with E-state index in [0.29, 0.717) is 12.2 Å². The molecule has 0 fully saturated rings. The summed E-state index contributed by atoms with van der Waals surface area (Å²) in [6.45, 7) is 7.03. The Morgan fingerprint density at radius 1 is 1.26 bits per heavy atom. The number of nitrogens with one attached hydrogen (secondary N) is 2. The summed E-state index contributed by atoms with van der Waals surface area (Å²) >= 11 is 0. The average Bonchev–Trinajstić information content (AvgIpc) is 2.21. The van der Waals surface area contributed by atoms with Gasteiger partial charge < -0.3 is 15.7 Å². The zero-order chi connectivity index (χ0) is 15.2. The minimum Gasteiger partial charge on any atom is -0.480 e. The van der Waals surface area contributed by atoms with Gasteiger partial charge in [-0.05, 0) is 18.8 Å². The second kappa shape index (κ2) is 7.47. The van der Waals surface area contributed by atoms with Crippen molar-refractivity contribution in [3.8, 4) is 0 Å². The smallest absolute Gasteiger partial charge is 0.326 e. The van der Waals surface area contributed by atoms with Crippen molar-refractivity contribution in [1.82, 2.24) is 10.6 Å². The number of amides is 2. The molecular weight excluding hydrogens is 268 g/mol. The zero-order valence-corrected chi connectivity index (χ0v) is 13.0. The van der Waals surface area contributed by atoms with Crippen molar-refractivity contribution in [3.63, 3.8) is 0 Å². The van der Waals surface area contributed by atoms with Gasteiger partial charge in [0.25, 0.3) is 0 Å². The van der Waals surface area contributed by atoms with Crippen molar-refractivity contribution in [2.75, 3.05) is 12.0 Å². The molecule has 3 unspecified atom stereocenters. The van der Waals surface area contributed by atoms with E-state index < -0.39 is 34.3 Å². The second-order valence-electron chi connectivity index (χ2n) is 5.72. The van der Waals surface area contributed by atoms with Gasteiger partial charge in [0.2, 0.25) is 0 Å². The first-order valence-corrected chi connectivity index (χ1v) is 7.86. The molecule has 0 aromatic rings. The summed E-state index contributed by atoms with van der Waals surface area (Å²) in [5.74, 6) is -0.562. The molecule has 0 saturated heterocycles. The van der Waals surface area contributed by atoms with Crippen LogP contribution in [0.4, 0.5) is 4.79 Å². The van der Waals surface area contributed by atoms with Gasteiger partial charge in [-0.25, -0.2) is 9.59 Å². The minimum atomic E-state index is -1.06. The molecule has 112 valence electrons.